The Morgan fingerprint density at radius 2 is 1.56 bits per heavy atom. The summed E-state index contributed by atoms with van der Waals surface area (Å²) in [7, 11) is 0. The van der Waals surface area contributed by atoms with E-state index in [-0.39, 0.29) is 14.9 Å². The molecule has 0 heteroatoms. The van der Waals surface area contributed by atoms with Gasteiger partial charge in [0.05, 0.1) is 0 Å². The molecular formula is C9H24. The average molecular weight is 132 g/mol. The second kappa shape index (κ2) is 10.9. The van der Waals surface area contributed by atoms with E-state index in [1.54, 1.807) is 0 Å². The van der Waals surface area contributed by atoms with Crippen molar-refractivity contribution in [2.75, 3.05) is 0 Å². The van der Waals surface area contributed by atoms with Crippen molar-refractivity contribution in [3.05, 3.63) is 0 Å². The first-order chi connectivity index (χ1) is 3.31. The number of hydrogen-bond acceptors (Lipinski definition) is 0. The van der Waals surface area contributed by atoms with Crippen molar-refractivity contribution in [2.45, 2.75) is 54.9 Å². The van der Waals surface area contributed by atoms with Crippen LogP contribution in [0.4, 0.5) is 0 Å². The van der Waals surface area contributed by atoms with Crippen LogP contribution in [0.5, 0.6) is 0 Å². The largest absolute Gasteiger partial charge is 0.0776 e. The van der Waals surface area contributed by atoms with Crippen LogP contribution in [0.3, 0.4) is 0 Å². The molecular weight excluding hydrogens is 108 g/mol. The van der Waals surface area contributed by atoms with Gasteiger partial charge in [-0.1, -0.05) is 54.9 Å². The number of rotatable bonds is 3. The van der Waals surface area contributed by atoms with Gasteiger partial charge in [-0.15, -0.1) is 0 Å². The standard InChI is InChI=1S/C7H16.2CH4/c1-4-6-7(3)5-2;;/h7H,4-6H2,1-3H3;2*1H4. The SMILES string of the molecule is C.C.CCCC(C)CC. The van der Waals surface area contributed by atoms with Crippen molar-refractivity contribution in [1.29, 1.82) is 0 Å². The summed E-state index contributed by atoms with van der Waals surface area (Å²) in [6, 6.07) is 0. The monoisotopic (exact) mass is 132 g/mol. The molecule has 0 bridgehead atoms. The van der Waals surface area contributed by atoms with Gasteiger partial charge in [0.25, 0.3) is 0 Å². The van der Waals surface area contributed by atoms with Crippen LogP contribution in [-0.4, -0.2) is 0 Å². The van der Waals surface area contributed by atoms with E-state index in [2.05, 4.69) is 20.8 Å². The summed E-state index contributed by atoms with van der Waals surface area (Å²) < 4.78 is 0. The summed E-state index contributed by atoms with van der Waals surface area (Å²) in [6.45, 7) is 6.80. The maximum absolute atomic E-state index is 2.31. The van der Waals surface area contributed by atoms with E-state index in [4.69, 9.17) is 0 Å². The van der Waals surface area contributed by atoms with Gasteiger partial charge in [0.2, 0.25) is 0 Å². The fourth-order valence-corrected chi connectivity index (χ4v) is 0.697. The molecule has 0 N–H and O–H groups in total. The van der Waals surface area contributed by atoms with Crippen LogP contribution >= 0.6 is 0 Å². The van der Waals surface area contributed by atoms with Gasteiger partial charge in [0.1, 0.15) is 0 Å². The Labute approximate surface area is 61.7 Å². The molecule has 9 heavy (non-hydrogen) atoms. The first-order valence-corrected chi connectivity index (χ1v) is 3.31. The molecule has 0 aliphatic heterocycles. The van der Waals surface area contributed by atoms with Crippen LogP contribution in [-0.2, 0) is 0 Å². The molecule has 0 aromatic carbocycles. The van der Waals surface area contributed by atoms with E-state index in [9.17, 15) is 0 Å². The second-order valence-electron chi connectivity index (χ2n) is 2.30. The summed E-state index contributed by atoms with van der Waals surface area (Å²) in [5.74, 6) is 0.949. The van der Waals surface area contributed by atoms with Crippen molar-refractivity contribution < 1.29 is 0 Å². The highest BCUT2D eigenvalue weighted by atomic mass is 14.0. The maximum Gasteiger partial charge on any atom is -0.0446 e. The first-order valence-electron chi connectivity index (χ1n) is 3.31. The van der Waals surface area contributed by atoms with Crippen LogP contribution < -0.4 is 0 Å². The van der Waals surface area contributed by atoms with Gasteiger partial charge in [-0.3, -0.25) is 0 Å². The number of hydrogen-bond donors (Lipinski definition) is 0. The summed E-state index contributed by atoms with van der Waals surface area (Å²) >= 11 is 0. The second-order valence-corrected chi connectivity index (χ2v) is 2.30. The Hall–Kier alpha value is 0. The van der Waals surface area contributed by atoms with Gasteiger partial charge >= 0.3 is 0 Å². The molecule has 0 fully saturated rings. The molecule has 0 aliphatic rings. The summed E-state index contributed by atoms with van der Waals surface area (Å²) in [6.07, 6.45) is 4.08. The molecule has 1 atom stereocenters. The Morgan fingerprint density at radius 1 is 1.11 bits per heavy atom. The van der Waals surface area contributed by atoms with E-state index >= 15 is 0 Å². The van der Waals surface area contributed by atoms with E-state index in [0.717, 1.165) is 5.92 Å². The molecule has 60 valence electrons. The molecule has 0 saturated carbocycles. The zero-order valence-electron chi connectivity index (χ0n) is 5.70. The molecule has 0 saturated heterocycles. The van der Waals surface area contributed by atoms with Crippen LogP contribution in [0.1, 0.15) is 54.9 Å². The Kier molecular flexibility index (Phi) is 19.4. The Bertz CT molecular complexity index is 31.0. The third kappa shape index (κ3) is 11.5. The van der Waals surface area contributed by atoms with Gasteiger partial charge in [0, 0.05) is 0 Å². The Balaban J connectivity index is -0.000000180. The maximum atomic E-state index is 2.31. The lowest BCUT2D eigenvalue weighted by Crippen LogP contribution is -1.88. The minimum atomic E-state index is 0. The van der Waals surface area contributed by atoms with Gasteiger partial charge < -0.3 is 0 Å². The van der Waals surface area contributed by atoms with Crippen LogP contribution in [0.15, 0.2) is 0 Å². The molecule has 0 aromatic rings. The molecule has 1 unspecified atom stereocenters. The van der Waals surface area contributed by atoms with E-state index < -0.39 is 0 Å². The van der Waals surface area contributed by atoms with Crippen molar-refractivity contribution in [3.63, 3.8) is 0 Å². The van der Waals surface area contributed by atoms with Crippen LogP contribution in [0.2, 0.25) is 0 Å². The minimum Gasteiger partial charge on any atom is -0.0776 e. The highest BCUT2D eigenvalue weighted by Gasteiger charge is 1.92. The molecule has 0 radical (unpaired) electrons. The zero-order valence-corrected chi connectivity index (χ0v) is 5.70. The van der Waals surface area contributed by atoms with Gasteiger partial charge in [-0.05, 0) is 5.92 Å². The van der Waals surface area contributed by atoms with Gasteiger partial charge in [-0.2, -0.15) is 0 Å². The average Bonchev–Trinajstić information content (AvgIpc) is 1.68. The Morgan fingerprint density at radius 3 is 1.67 bits per heavy atom. The molecule has 0 rings (SSSR count). The van der Waals surface area contributed by atoms with Crippen molar-refractivity contribution in [1.82, 2.24) is 0 Å². The zero-order chi connectivity index (χ0) is 5.70. The van der Waals surface area contributed by atoms with Crippen molar-refractivity contribution in [2.24, 2.45) is 5.92 Å². The molecule has 0 nitrogen and oxygen atoms in total. The van der Waals surface area contributed by atoms with E-state index in [1.807, 2.05) is 0 Å². The lowest BCUT2D eigenvalue weighted by molar-refractivity contribution is 0.509. The third-order valence-corrected chi connectivity index (χ3v) is 1.48. The molecule has 0 heterocycles. The predicted molar refractivity (Wildman–Crippen MR) is 47.8 cm³/mol. The first kappa shape index (κ1) is 16.0. The summed E-state index contributed by atoms with van der Waals surface area (Å²) in [5.41, 5.74) is 0. The fraction of sp³-hybridized carbons (Fsp3) is 1.00. The van der Waals surface area contributed by atoms with Crippen molar-refractivity contribution >= 4 is 0 Å². The molecule has 0 aliphatic carbocycles. The summed E-state index contributed by atoms with van der Waals surface area (Å²) in [4.78, 5) is 0. The van der Waals surface area contributed by atoms with Crippen molar-refractivity contribution in [3.8, 4) is 0 Å². The van der Waals surface area contributed by atoms with Crippen LogP contribution in [0.25, 0.3) is 0 Å². The fourth-order valence-electron chi connectivity index (χ4n) is 0.697. The lowest BCUT2D eigenvalue weighted by Gasteiger charge is -2.02. The highest BCUT2D eigenvalue weighted by Crippen LogP contribution is 2.07. The van der Waals surface area contributed by atoms with Gasteiger partial charge in [0.15, 0.2) is 0 Å². The smallest absolute Gasteiger partial charge is 0.0446 e. The van der Waals surface area contributed by atoms with Crippen LogP contribution in [0, 0.1) is 5.92 Å². The third-order valence-electron chi connectivity index (χ3n) is 1.48. The molecule has 0 aromatic heterocycles. The normalized spacial score (nSPS) is 11.0. The van der Waals surface area contributed by atoms with Gasteiger partial charge in [-0.25, -0.2) is 0 Å². The lowest BCUT2D eigenvalue weighted by atomic mass is 10.0. The molecule has 0 amide bonds. The topological polar surface area (TPSA) is 0 Å². The summed E-state index contributed by atoms with van der Waals surface area (Å²) in [5, 5.41) is 0. The highest BCUT2D eigenvalue weighted by molar-refractivity contribution is 4.45. The molecule has 0 spiro atoms. The minimum absolute atomic E-state index is 0. The van der Waals surface area contributed by atoms with E-state index in [1.165, 1.54) is 19.3 Å². The predicted octanol–water partition coefficient (Wildman–Crippen LogP) is 4.10. The van der Waals surface area contributed by atoms with E-state index in [0.29, 0.717) is 0 Å². The quantitative estimate of drug-likeness (QED) is 0.542.